The molecule has 0 spiro atoms. The van der Waals surface area contributed by atoms with Gasteiger partial charge in [0.15, 0.2) is 0 Å². The third-order valence-electron chi connectivity index (χ3n) is 2.89. The van der Waals surface area contributed by atoms with Crippen LogP contribution in [0.15, 0.2) is 12.4 Å². The van der Waals surface area contributed by atoms with Crippen molar-refractivity contribution in [3.8, 4) is 0 Å². The zero-order chi connectivity index (χ0) is 13.1. The first-order valence-corrected chi connectivity index (χ1v) is 5.94. The smallest absolute Gasteiger partial charge is 0.323 e. The number of methoxy groups -OCH3 is 1. The van der Waals surface area contributed by atoms with E-state index in [9.17, 15) is 9.90 Å². The van der Waals surface area contributed by atoms with Crippen molar-refractivity contribution in [1.29, 1.82) is 0 Å². The minimum Gasteiger partial charge on any atom is -0.468 e. The molecule has 2 rings (SSSR count). The SMILES string of the molecule is COC(=O)C1CC(O)CN1Cc1cnc(Cl)cn1. The Hall–Kier alpha value is -1.24. The largest absolute Gasteiger partial charge is 0.468 e. The van der Waals surface area contributed by atoms with Crippen molar-refractivity contribution in [2.45, 2.75) is 25.1 Å². The molecule has 0 amide bonds. The third kappa shape index (κ3) is 2.95. The quantitative estimate of drug-likeness (QED) is 0.794. The number of carbonyl (C=O) groups excluding carboxylic acids is 1. The fourth-order valence-electron chi connectivity index (χ4n) is 2.06. The summed E-state index contributed by atoms with van der Waals surface area (Å²) in [6.45, 7) is 0.852. The third-order valence-corrected chi connectivity index (χ3v) is 3.09. The summed E-state index contributed by atoms with van der Waals surface area (Å²) in [5.41, 5.74) is 0.697. The minimum atomic E-state index is -0.519. The van der Waals surface area contributed by atoms with Gasteiger partial charge in [-0.3, -0.25) is 14.7 Å². The van der Waals surface area contributed by atoms with Crippen molar-refractivity contribution in [2.75, 3.05) is 13.7 Å². The maximum Gasteiger partial charge on any atom is 0.323 e. The molecule has 2 unspecified atom stereocenters. The summed E-state index contributed by atoms with van der Waals surface area (Å²) in [7, 11) is 1.34. The molecule has 7 heteroatoms. The highest BCUT2D eigenvalue weighted by Gasteiger charge is 2.36. The lowest BCUT2D eigenvalue weighted by Gasteiger charge is -2.21. The number of aromatic nitrogens is 2. The Morgan fingerprint density at radius 2 is 2.39 bits per heavy atom. The number of rotatable bonds is 3. The highest BCUT2D eigenvalue weighted by Crippen LogP contribution is 2.21. The zero-order valence-corrected chi connectivity index (χ0v) is 10.7. The maximum atomic E-state index is 11.6. The van der Waals surface area contributed by atoms with E-state index >= 15 is 0 Å². The van der Waals surface area contributed by atoms with E-state index in [0.717, 1.165) is 0 Å². The summed E-state index contributed by atoms with van der Waals surface area (Å²) in [6, 6.07) is -0.428. The number of aliphatic hydroxyl groups is 1. The molecule has 98 valence electrons. The van der Waals surface area contributed by atoms with Crippen LogP contribution in [0.4, 0.5) is 0 Å². The zero-order valence-electron chi connectivity index (χ0n) is 9.91. The fourth-order valence-corrected chi connectivity index (χ4v) is 2.16. The first-order valence-electron chi connectivity index (χ1n) is 5.56. The van der Waals surface area contributed by atoms with Crippen molar-refractivity contribution in [2.24, 2.45) is 0 Å². The first kappa shape index (κ1) is 13.2. The van der Waals surface area contributed by atoms with Crippen molar-refractivity contribution < 1.29 is 14.6 Å². The second kappa shape index (κ2) is 5.60. The van der Waals surface area contributed by atoms with Crippen LogP contribution in [0.3, 0.4) is 0 Å². The summed E-state index contributed by atoms with van der Waals surface area (Å²) in [5, 5.41) is 9.95. The highest BCUT2D eigenvalue weighted by atomic mass is 35.5. The van der Waals surface area contributed by atoms with E-state index in [1.807, 2.05) is 4.90 Å². The van der Waals surface area contributed by atoms with Gasteiger partial charge >= 0.3 is 5.97 Å². The van der Waals surface area contributed by atoms with E-state index in [-0.39, 0.29) is 5.97 Å². The summed E-state index contributed by atoms with van der Waals surface area (Å²) >= 11 is 5.65. The second-order valence-electron chi connectivity index (χ2n) is 4.19. The predicted molar refractivity (Wildman–Crippen MR) is 63.9 cm³/mol. The van der Waals surface area contributed by atoms with Crippen molar-refractivity contribution >= 4 is 17.6 Å². The molecular formula is C11H14ClN3O3. The van der Waals surface area contributed by atoms with Crippen LogP contribution in [-0.4, -0.2) is 51.7 Å². The van der Waals surface area contributed by atoms with Gasteiger partial charge in [-0.15, -0.1) is 0 Å². The molecule has 0 bridgehead atoms. The van der Waals surface area contributed by atoms with Gasteiger partial charge in [0.25, 0.3) is 0 Å². The molecule has 0 aromatic carbocycles. The summed E-state index contributed by atoms with van der Waals surface area (Å²) in [6.07, 6.45) is 2.88. The van der Waals surface area contributed by atoms with E-state index in [2.05, 4.69) is 9.97 Å². The maximum absolute atomic E-state index is 11.6. The van der Waals surface area contributed by atoms with Gasteiger partial charge in [-0.05, 0) is 0 Å². The van der Waals surface area contributed by atoms with Gasteiger partial charge in [-0.25, -0.2) is 4.98 Å². The van der Waals surface area contributed by atoms with E-state index in [1.54, 1.807) is 6.20 Å². The molecule has 6 nitrogen and oxygen atoms in total. The number of hydrogen-bond donors (Lipinski definition) is 1. The molecule has 1 aromatic rings. The van der Waals surface area contributed by atoms with E-state index in [4.69, 9.17) is 16.3 Å². The standard InChI is InChI=1S/C11H14ClN3O3/c1-18-11(17)9-2-8(16)6-15(9)5-7-3-14-10(12)4-13-7/h3-4,8-9,16H,2,5-6H2,1H3. The molecule has 0 radical (unpaired) electrons. The normalized spacial score (nSPS) is 24.2. The lowest BCUT2D eigenvalue weighted by Crippen LogP contribution is -2.36. The van der Waals surface area contributed by atoms with Crippen LogP contribution in [0.1, 0.15) is 12.1 Å². The summed E-state index contributed by atoms with van der Waals surface area (Å²) in [4.78, 5) is 21.5. The van der Waals surface area contributed by atoms with Crippen LogP contribution in [0.25, 0.3) is 0 Å². The number of likely N-dealkylation sites (tertiary alicyclic amines) is 1. The van der Waals surface area contributed by atoms with E-state index < -0.39 is 12.1 Å². The number of halogens is 1. The summed E-state index contributed by atoms with van der Waals surface area (Å²) in [5.74, 6) is -0.339. The van der Waals surface area contributed by atoms with Gasteiger partial charge in [0.2, 0.25) is 0 Å². The lowest BCUT2D eigenvalue weighted by molar-refractivity contribution is -0.146. The lowest BCUT2D eigenvalue weighted by atomic mass is 10.2. The fraction of sp³-hybridized carbons (Fsp3) is 0.545. The molecule has 1 aliphatic heterocycles. The van der Waals surface area contributed by atoms with E-state index in [1.165, 1.54) is 13.3 Å². The van der Waals surface area contributed by atoms with Crippen LogP contribution >= 0.6 is 11.6 Å². The molecule has 1 saturated heterocycles. The van der Waals surface area contributed by atoms with Gasteiger partial charge in [-0.2, -0.15) is 0 Å². The number of ether oxygens (including phenoxy) is 1. The van der Waals surface area contributed by atoms with Crippen molar-refractivity contribution in [3.05, 3.63) is 23.2 Å². The average Bonchev–Trinajstić information content (AvgIpc) is 2.72. The molecule has 2 atom stereocenters. The van der Waals surface area contributed by atoms with Crippen LogP contribution < -0.4 is 0 Å². The Bertz CT molecular complexity index is 426. The Labute approximate surface area is 110 Å². The van der Waals surface area contributed by atoms with Gasteiger partial charge < -0.3 is 9.84 Å². The Morgan fingerprint density at radius 1 is 1.61 bits per heavy atom. The molecule has 1 N–H and O–H groups in total. The van der Waals surface area contributed by atoms with Crippen molar-refractivity contribution in [1.82, 2.24) is 14.9 Å². The Kier molecular flexibility index (Phi) is 4.11. The van der Waals surface area contributed by atoms with Gasteiger partial charge in [0, 0.05) is 19.5 Å². The molecule has 1 fully saturated rings. The molecule has 1 aliphatic rings. The number of nitrogens with zero attached hydrogens (tertiary/aromatic N) is 3. The minimum absolute atomic E-state index is 0.324. The molecule has 2 heterocycles. The summed E-state index contributed by atoms with van der Waals surface area (Å²) < 4.78 is 4.72. The monoisotopic (exact) mass is 271 g/mol. The molecular weight excluding hydrogens is 258 g/mol. The molecule has 0 saturated carbocycles. The highest BCUT2D eigenvalue weighted by molar-refractivity contribution is 6.29. The number of β-amino-alcohol motifs (C(OH)–C–C–N with tert-alkyl or cyclic N) is 1. The van der Waals surface area contributed by atoms with Crippen LogP contribution in [0, 0.1) is 0 Å². The van der Waals surface area contributed by atoms with Crippen LogP contribution in [0.2, 0.25) is 5.15 Å². The molecule has 18 heavy (non-hydrogen) atoms. The average molecular weight is 272 g/mol. The molecule has 1 aromatic heterocycles. The van der Waals surface area contributed by atoms with Gasteiger partial charge in [0.1, 0.15) is 11.2 Å². The van der Waals surface area contributed by atoms with Crippen LogP contribution in [0.5, 0.6) is 0 Å². The van der Waals surface area contributed by atoms with E-state index in [0.29, 0.717) is 30.4 Å². The van der Waals surface area contributed by atoms with Gasteiger partial charge in [-0.1, -0.05) is 11.6 Å². The Balaban J connectivity index is 2.07. The van der Waals surface area contributed by atoms with Gasteiger partial charge in [0.05, 0.1) is 31.3 Å². The first-order chi connectivity index (χ1) is 8.60. The number of esters is 1. The number of carbonyl (C=O) groups is 1. The predicted octanol–water partition coefficient (Wildman–Crippen LogP) is 0.238. The molecule has 0 aliphatic carbocycles. The van der Waals surface area contributed by atoms with Crippen molar-refractivity contribution in [3.63, 3.8) is 0 Å². The number of aliphatic hydroxyl groups excluding tert-OH is 1. The number of hydrogen-bond acceptors (Lipinski definition) is 6. The topological polar surface area (TPSA) is 75.6 Å². The second-order valence-corrected chi connectivity index (χ2v) is 4.58. The Morgan fingerprint density at radius 3 is 3.00 bits per heavy atom. The van der Waals surface area contributed by atoms with Crippen LogP contribution in [-0.2, 0) is 16.1 Å².